The van der Waals surface area contributed by atoms with Gasteiger partial charge in [0.25, 0.3) is 0 Å². The van der Waals surface area contributed by atoms with Crippen molar-refractivity contribution in [2.75, 3.05) is 18.5 Å². The second kappa shape index (κ2) is 7.93. The Hall–Kier alpha value is -1.29. The van der Waals surface area contributed by atoms with Crippen molar-refractivity contribution in [3.63, 3.8) is 0 Å². The number of aliphatic hydroxyl groups excluding tert-OH is 1. The van der Waals surface area contributed by atoms with E-state index in [-0.39, 0.29) is 12.7 Å². The molecule has 0 saturated carbocycles. The maximum atomic E-state index is 8.97. The van der Waals surface area contributed by atoms with Gasteiger partial charge in [0, 0.05) is 19.3 Å². The van der Waals surface area contributed by atoms with E-state index in [9.17, 15) is 0 Å². The first-order valence-corrected chi connectivity index (χ1v) is 6.63. The van der Waals surface area contributed by atoms with E-state index in [2.05, 4.69) is 17.2 Å². The molecule has 1 atom stereocenters. The molecular formula is C14H24N2O2. The minimum atomic E-state index is 0.133. The number of anilines is 1. The molecule has 4 nitrogen and oxygen atoms in total. The molecule has 18 heavy (non-hydrogen) atoms. The first-order valence-electron chi connectivity index (χ1n) is 6.63. The average molecular weight is 252 g/mol. The molecular weight excluding hydrogens is 228 g/mol. The molecule has 0 aliphatic carbocycles. The first-order chi connectivity index (χ1) is 8.67. The van der Waals surface area contributed by atoms with E-state index >= 15 is 0 Å². The van der Waals surface area contributed by atoms with E-state index in [0.29, 0.717) is 5.92 Å². The lowest BCUT2D eigenvalue weighted by atomic mass is 10.0. The number of hydrogen-bond acceptors (Lipinski definition) is 4. The molecule has 2 N–H and O–H groups in total. The van der Waals surface area contributed by atoms with Gasteiger partial charge in [-0.25, -0.2) is 4.98 Å². The summed E-state index contributed by atoms with van der Waals surface area (Å²) in [6, 6.07) is 3.79. The number of aliphatic hydroxyl groups is 1. The molecule has 0 fully saturated rings. The van der Waals surface area contributed by atoms with Crippen LogP contribution in [0.4, 0.5) is 5.82 Å². The minimum Gasteiger partial charge on any atom is -0.487 e. The van der Waals surface area contributed by atoms with Crippen LogP contribution in [0.5, 0.6) is 5.75 Å². The largest absolute Gasteiger partial charge is 0.487 e. The van der Waals surface area contributed by atoms with Crippen molar-refractivity contribution in [1.29, 1.82) is 0 Å². The van der Waals surface area contributed by atoms with Crippen molar-refractivity contribution in [2.24, 2.45) is 5.92 Å². The van der Waals surface area contributed by atoms with Crippen molar-refractivity contribution in [2.45, 2.75) is 39.7 Å². The number of ether oxygens (including phenoxy) is 1. The molecule has 0 spiro atoms. The lowest BCUT2D eigenvalue weighted by Crippen LogP contribution is -2.17. The van der Waals surface area contributed by atoms with Crippen LogP contribution in [0.15, 0.2) is 18.3 Å². The molecule has 0 aliphatic heterocycles. The standard InChI is InChI=1S/C14H24N2O2/c1-4-12(7-9-17)10-16-14-13(18-11(2)3)6-5-8-15-14/h5-6,8,11-12,17H,4,7,9-10H2,1-3H3,(H,15,16). The highest BCUT2D eigenvalue weighted by Crippen LogP contribution is 2.22. The van der Waals surface area contributed by atoms with Crippen molar-refractivity contribution in [3.8, 4) is 5.75 Å². The third kappa shape index (κ3) is 4.92. The molecule has 0 aromatic carbocycles. The van der Waals surface area contributed by atoms with E-state index in [4.69, 9.17) is 9.84 Å². The van der Waals surface area contributed by atoms with Gasteiger partial charge in [-0.2, -0.15) is 0 Å². The number of hydrogen-bond donors (Lipinski definition) is 2. The summed E-state index contributed by atoms with van der Waals surface area (Å²) in [5, 5.41) is 12.3. The Bertz CT molecular complexity index is 342. The molecule has 0 bridgehead atoms. The third-order valence-electron chi connectivity index (χ3n) is 2.81. The fraction of sp³-hybridized carbons (Fsp3) is 0.643. The number of nitrogens with zero attached hydrogens (tertiary/aromatic N) is 1. The summed E-state index contributed by atoms with van der Waals surface area (Å²) in [5.41, 5.74) is 0. The van der Waals surface area contributed by atoms with Gasteiger partial charge < -0.3 is 15.2 Å². The summed E-state index contributed by atoms with van der Waals surface area (Å²) < 4.78 is 5.70. The van der Waals surface area contributed by atoms with Crippen LogP contribution in [0, 0.1) is 5.92 Å². The summed E-state index contributed by atoms with van der Waals surface area (Å²) in [7, 11) is 0. The lowest BCUT2D eigenvalue weighted by molar-refractivity contribution is 0.242. The molecule has 102 valence electrons. The highest BCUT2D eigenvalue weighted by atomic mass is 16.5. The smallest absolute Gasteiger partial charge is 0.168 e. The van der Waals surface area contributed by atoms with Crippen molar-refractivity contribution in [1.82, 2.24) is 4.98 Å². The Morgan fingerprint density at radius 1 is 1.44 bits per heavy atom. The molecule has 0 aliphatic rings. The van der Waals surface area contributed by atoms with Crippen molar-refractivity contribution >= 4 is 5.82 Å². The van der Waals surface area contributed by atoms with Crippen LogP contribution in [0.1, 0.15) is 33.6 Å². The Labute approximate surface area is 109 Å². The van der Waals surface area contributed by atoms with E-state index in [1.807, 2.05) is 26.0 Å². The Balaban J connectivity index is 2.60. The summed E-state index contributed by atoms with van der Waals surface area (Å²) in [5.74, 6) is 2.03. The van der Waals surface area contributed by atoms with E-state index in [0.717, 1.165) is 31.0 Å². The molecule has 1 aromatic heterocycles. The summed E-state index contributed by atoms with van der Waals surface area (Å²) >= 11 is 0. The SMILES string of the molecule is CCC(CCO)CNc1ncccc1OC(C)C. The fourth-order valence-electron chi connectivity index (χ4n) is 1.75. The fourth-order valence-corrected chi connectivity index (χ4v) is 1.75. The van der Waals surface area contributed by atoms with Crippen LogP contribution in [0.2, 0.25) is 0 Å². The number of pyridine rings is 1. The van der Waals surface area contributed by atoms with Gasteiger partial charge in [-0.05, 0) is 38.3 Å². The average Bonchev–Trinajstić information content (AvgIpc) is 2.35. The maximum Gasteiger partial charge on any atom is 0.168 e. The lowest BCUT2D eigenvalue weighted by Gasteiger charge is -2.17. The first kappa shape index (κ1) is 14.8. The van der Waals surface area contributed by atoms with Gasteiger partial charge in [-0.15, -0.1) is 0 Å². The maximum absolute atomic E-state index is 8.97. The number of aromatic nitrogens is 1. The molecule has 0 radical (unpaired) electrons. The van der Waals surface area contributed by atoms with E-state index < -0.39 is 0 Å². The van der Waals surface area contributed by atoms with Crippen molar-refractivity contribution in [3.05, 3.63) is 18.3 Å². The van der Waals surface area contributed by atoms with Gasteiger partial charge in [0.15, 0.2) is 11.6 Å². The highest BCUT2D eigenvalue weighted by Gasteiger charge is 2.09. The van der Waals surface area contributed by atoms with Gasteiger partial charge in [-0.3, -0.25) is 0 Å². The van der Waals surface area contributed by atoms with Gasteiger partial charge in [0.05, 0.1) is 6.10 Å². The number of nitrogens with one attached hydrogen (secondary N) is 1. The molecule has 0 saturated heterocycles. The molecule has 1 unspecified atom stereocenters. The van der Waals surface area contributed by atoms with Crippen LogP contribution in [0.3, 0.4) is 0 Å². The Morgan fingerprint density at radius 3 is 2.83 bits per heavy atom. The van der Waals surface area contributed by atoms with Gasteiger partial charge >= 0.3 is 0 Å². The summed E-state index contributed by atoms with van der Waals surface area (Å²) in [6.45, 7) is 7.17. The van der Waals surface area contributed by atoms with Crippen LogP contribution in [-0.2, 0) is 0 Å². The van der Waals surface area contributed by atoms with Crippen LogP contribution in [-0.4, -0.2) is 29.3 Å². The normalized spacial score (nSPS) is 12.5. The number of rotatable bonds is 8. The topological polar surface area (TPSA) is 54.4 Å². The van der Waals surface area contributed by atoms with Crippen LogP contribution < -0.4 is 10.1 Å². The van der Waals surface area contributed by atoms with E-state index in [1.54, 1.807) is 6.20 Å². The van der Waals surface area contributed by atoms with Gasteiger partial charge in [-0.1, -0.05) is 13.3 Å². The zero-order chi connectivity index (χ0) is 13.4. The molecule has 4 heteroatoms. The second-order valence-corrected chi connectivity index (χ2v) is 4.68. The minimum absolute atomic E-state index is 0.133. The third-order valence-corrected chi connectivity index (χ3v) is 2.81. The molecule has 1 rings (SSSR count). The quantitative estimate of drug-likeness (QED) is 0.747. The molecule has 1 aromatic rings. The predicted octanol–water partition coefficient (Wildman–Crippen LogP) is 2.69. The van der Waals surface area contributed by atoms with Gasteiger partial charge in [0.1, 0.15) is 0 Å². The van der Waals surface area contributed by atoms with E-state index in [1.165, 1.54) is 0 Å². The van der Waals surface area contributed by atoms with Crippen molar-refractivity contribution < 1.29 is 9.84 Å². The molecule has 1 heterocycles. The monoisotopic (exact) mass is 252 g/mol. The summed E-state index contributed by atoms with van der Waals surface area (Å²) in [4.78, 5) is 4.30. The predicted molar refractivity (Wildman–Crippen MR) is 74.0 cm³/mol. The van der Waals surface area contributed by atoms with Crippen LogP contribution >= 0.6 is 0 Å². The van der Waals surface area contributed by atoms with Gasteiger partial charge in [0.2, 0.25) is 0 Å². The summed E-state index contributed by atoms with van der Waals surface area (Å²) in [6.07, 6.45) is 3.74. The second-order valence-electron chi connectivity index (χ2n) is 4.68. The molecule has 0 amide bonds. The highest BCUT2D eigenvalue weighted by molar-refractivity contribution is 5.49. The van der Waals surface area contributed by atoms with Crippen LogP contribution in [0.25, 0.3) is 0 Å². The zero-order valence-corrected chi connectivity index (χ0v) is 11.5. The Morgan fingerprint density at radius 2 is 2.22 bits per heavy atom. The zero-order valence-electron chi connectivity index (χ0n) is 11.5. The Kier molecular flexibility index (Phi) is 6.50.